The second kappa shape index (κ2) is 5.49. The summed E-state index contributed by atoms with van der Waals surface area (Å²) in [5.41, 5.74) is 6.10. The Morgan fingerprint density at radius 2 is 2.35 bits per heavy atom. The maximum Gasteiger partial charge on any atom is 0.255 e. The second-order valence-electron chi connectivity index (χ2n) is 4.43. The number of carbonyl (C=O) groups is 1. The molecule has 1 aliphatic rings. The summed E-state index contributed by atoms with van der Waals surface area (Å²) in [7, 11) is 0. The Kier molecular flexibility index (Phi) is 3.99. The van der Waals surface area contributed by atoms with Crippen LogP contribution in [0, 0.1) is 5.92 Å². The molecule has 0 unspecified atom stereocenters. The zero-order chi connectivity index (χ0) is 12.3. The maximum absolute atomic E-state index is 11.9. The third kappa shape index (κ3) is 3.19. The lowest BCUT2D eigenvalue weighted by molar-refractivity contribution is 0.0949. The van der Waals surface area contributed by atoms with Crippen LogP contribution in [0.25, 0.3) is 0 Å². The monoisotopic (exact) mass is 297 g/mol. The van der Waals surface area contributed by atoms with Crippen LogP contribution in [0.2, 0.25) is 0 Å². The first-order valence-electron chi connectivity index (χ1n) is 5.86. The number of amides is 1. The summed E-state index contributed by atoms with van der Waals surface area (Å²) in [6, 6.07) is 1.70. The average Bonchev–Trinajstić information content (AvgIpc) is 2.25. The molecule has 1 aromatic rings. The molecule has 4 nitrogen and oxygen atoms in total. The van der Waals surface area contributed by atoms with Gasteiger partial charge in [0.1, 0.15) is 5.82 Å². The molecule has 1 aliphatic carbocycles. The smallest absolute Gasteiger partial charge is 0.255 e. The highest BCUT2D eigenvalue weighted by atomic mass is 79.9. The summed E-state index contributed by atoms with van der Waals surface area (Å²) >= 11 is 3.28. The molecule has 92 valence electrons. The van der Waals surface area contributed by atoms with Crippen molar-refractivity contribution in [1.29, 1.82) is 0 Å². The van der Waals surface area contributed by atoms with Crippen LogP contribution in [-0.2, 0) is 0 Å². The van der Waals surface area contributed by atoms with Gasteiger partial charge in [-0.15, -0.1) is 0 Å². The van der Waals surface area contributed by atoms with Crippen LogP contribution in [0.1, 0.15) is 36.0 Å². The van der Waals surface area contributed by atoms with Crippen LogP contribution in [0.3, 0.4) is 0 Å². The lowest BCUT2D eigenvalue weighted by Gasteiger charge is -2.25. The fourth-order valence-corrected chi connectivity index (χ4v) is 2.23. The molecule has 17 heavy (non-hydrogen) atoms. The van der Waals surface area contributed by atoms with Crippen molar-refractivity contribution in [3.8, 4) is 0 Å². The Bertz CT molecular complexity index is 418. The summed E-state index contributed by atoms with van der Waals surface area (Å²) < 4.78 is 0.760. The van der Waals surface area contributed by atoms with Crippen molar-refractivity contribution in [1.82, 2.24) is 10.3 Å². The van der Waals surface area contributed by atoms with E-state index in [1.807, 2.05) is 0 Å². The maximum atomic E-state index is 11.9. The summed E-state index contributed by atoms with van der Waals surface area (Å²) in [6.45, 7) is 0.718. The van der Waals surface area contributed by atoms with Crippen LogP contribution in [-0.4, -0.2) is 17.4 Å². The number of pyridine rings is 1. The average molecular weight is 298 g/mol. The van der Waals surface area contributed by atoms with Gasteiger partial charge in [-0.2, -0.15) is 0 Å². The highest BCUT2D eigenvalue weighted by Gasteiger charge is 2.17. The Balaban J connectivity index is 1.87. The van der Waals surface area contributed by atoms with Gasteiger partial charge in [0.2, 0.25) is 0 Å². The van der Waals surface area contributed by atoms with Crippen molar-refractivity contribution in [2.75, 3.05) is 12.3 Å². The van der Waals surface area contributed by atoms with Gasteiger partial charge < -0.3 is 11.1 Å². The van der Waals surface area contributed by atoms with Crippen LogP contribution in [0.4, 0.5) is 5.82 Å². The Morgan fingerprint density at radius 1 is 1.59 bits per heavy atom. The van der Waals surface area contributed by atoms with Crippen LogP contribution in [0.15, 0.2) is 16.7 Å². The highest BCUT2D eigenvalue weighted by molar-refractivity contribution is 9.10. The molecular formula is C12H16BrN3O. The van der Waals surface area contributed by atoms with Gasteiger partial charge in [0, 0.05) is 17.2 Å². The molecule has 1 aromatic heterocycles. The molecule has 1 heterocycles. The lowest BCUT2D eigenvalue weighted by Crippen LogP contribution is -2.28. The molecule has 0 spiro atoms. The van der Waals surface area contributed by atoms with Crippen molar-refractivity contribution >= 4 is 27.7 Å². The molecule has 2 rings (SSSR count). The van der Waals surface area contributed by atoms with E-state index in [1.165, 1.54) is 19.3 Å². The zero-order valence-electron chi connectivity index (χ0n) is 9.58. The third-order valence-electron chi connectivity index (χ3n) is 3.19. The molecular weight excluding hydrogens is 282 g/mol. The van der Waals surface area contributed by atoms with E-state index in [4.69, 9.17) is 5.73 Å². The molecule has 0 aromatic carbocycles. The number of nitrogens with zero attached hydrogens (tertiary/aromatic N) is 1. The third-order valence-corrected chi connectivity index (χ3v) is 3.63. The largest absolute Gasteiger partial charge is 0.383 e. The van der Waals surface area contributed by atoms with Crippen molar-refractivity contribution in [3.05, 3.63) is 22.3 Å². The molecule has 1 saturated carbocycles. The highest BCUT2D eigenvalue weighted by Crippen LogP contribution is 2.28. The van der Waals surface area contributed by atoms with Gasteiger partial charge in [0.05, 0.1) is 5.56 Å². The number of aromatic nitrogens is 1. The quantitative estimate of drug-likeness (QED) is 0.896. The Hall–Kier alpha value is -1.10. The molecule has 0 atom stereocenters. The summed E-state index contributed by atoms with van der Waals surface area (Å²) in [5, 5.41) is 2.89. The van der Waals surface area contributed by atoms with Gasteiger partial charge in [-0.05, 0) is 34.3 Å². The SMILES string of the molecule is Nc1ncc(Br)cc1C(=O)NCCC1CCC1. The molecule has 1 amide bonds. The second-order valence-corrected chi connectivity index (χ2v) is 5.34. The summed E-state index contributed by atoms with van der Waals surface area (Å²) in [6.07, 6.45) is 6.58. The van der Waals surface area contributed by atoms with E-state index in [-0.39, 0.29) is 11.7 Å². The van der Waals surface area contributed by atoms with Crippen molar-refractivity contribution in [2.24, 2.45) is 5.92 Å². The molecule has 1 fully saturated rings. The number of halogens is 1. The van der Waals surface area contributed by atoms with Gasteiger partial charge in [0.25, 0.3) is 5.91 Å². The van der Waals surface area contributed by atoms with E-state index < -0.39 is 0 Å². The van der Waals surface area contributed by atoms with Gasteiger partial charge in [-0.3, -0.25) is 4.79 Å². The van der Waals surface area contributed by atoms with Crippen molar-refractivity contribution in [2.45, 2.75) is 25.7 Å². The van der Waals surface area contributed by atoms with E-state index >= 15 is 0 Å². The Morgan fingerprint density at radius 3 is 3.00 bits per heavy atom. The molecule has 0 bridgehead atoms. The number of nitrogens with two attached hydrogens (primary N) is 1. The number of anilines is 1. The normalized spacial score (nSPS) is 15.4. The predicted molar refractivity (Wildman–Crippen MR) is 70.6 cm³/mol. The van der Waals surface area contributed by atoms with E-state index in [0.717, 1.165) is 23.4 Å². The number of nitrogens with one attached hydrogen (secondary N) is 1. The number of hydrogen-bond donors (Lipinski definition) is 2. The molecule has 0 aliphatic heterocycles. The molecule has 3 N–H and O–H groups in total. The van der Waals surface area contributed by atoms with Gasteiger partial charge in [-0.25, -0.2) is 4.98 Å². The minimum atomic E-state index is -0.143. The van der Waals surface area contributed by atoms with E-state index in [0.29, 0.717) is 5.56 Å². The molecule has 0 radical (unpaired) electrons. The molecule has 0 saturated heterocycles. The Labute approximate surface area is 109 Å². The minimum absolute atomic E-state index is 0.143. The topological polar surface area (TPSA) is 68.0 Å². The first-order chi connectivity index (χ1) is 8.16. The first-order valence-corrected chi connectivity index (χ1v) is 6.65. The minimum Gasteiger partial charge on any atom is -0.383 e. The fraction of sp³-hybridized carbons (Fsp3) is 0.500. The van der Waals surface area contributed by atoms with Crippen molar-refractivity contribution in [3.63, 3.8) is 0 Å². The van der Waals surface area contributed by atoms with Gasteiger partial charge in [0.15, 0.2) is 0 Å². The lowest BCUT2D eigenvalue weighted by atomic mass is 9.83. The number of hydrogen-bond acceptors (Lipinski definition) is 3. The van der Waals surface area contributed by atoms with Crippen LogP contribution in [0.5, 0.6) is 0 Å². The zero-order valence-corrected chi connectivity index (χ0v) is 11.2. The first kappa shape index (κ1) is 12.4. The summed E-state index contributed by atoms with van der Waals surface area (Å²) in [4.78, 5) is 15.8. The number of nitrogen functional groups attached to an aromatic ring is 1. The van der Waals surface area contributed by atoms with Crippen LogP contribution >= 0.6 is 15.9 Å². The standard InChI is InChI=1S/C12H16BrN3O/c13-9-6-10(11(14)16-7-9)12(17)15-5-4-8-2-1-3-8/h6-8H,1-5H2,(H2,14,16)(H,15,17). The summed E-state index contributed by atoms with van der Waals surface area (Å²) in [5.74, 6) is 0.929. The van der Waals surface area contributed by atoms with Gasteiger partial charge in [-0.1, -0.05) is 19.3 Å². The number of rotatable bonds is 4. The van der Waals surface area contributed by atoms with E-state index in [9.17, 15) is 4.79 Å². The molecule has 5 heteroatoms. The van der Waals surface area contributed by atoms with Crippen molar-refractivity contribution < 1.29 is 4.79 Å². The van der Waals surface area contributed by atoms with Crippen LogP contribution < -0.4 is 11.1 Å². The fourth-order valence-electron chi connectivity index (χ4n) is 1.90. The van der Waals surface area contributed by atoms with E-state index in [1.54, 1.807) is 12.3 Å². The number of carbonyl (C=O) groups excluding carboxylic acids is 1. The van der Waals surface area contributed by atoms with E-state index in [2.05, 4.69) is 26.2 Å². The predicted octanol–water partition coefficient (Wildman–Crippen LogP) is 2.35. The van der Waals surface area contributed by atoms with Gasteiger partial charge >= 0.3 is 0 Å².